The van der Waals surface area contributed by atoms with Gasteiger partial charge in [0.2, 0.25) is 11.8 Å². The van der Waals surface area contributed by atoms with E-state index in [4.69, 9.17) is 29.7 Å². The monoisotopic (exact) mass is 649 g/mol. The first-order valence-electron chi connectivity index (χ1n) is 16.7. The fourth-order valence-corrected chi connectivity index (χ4v) is 6.04. The van der Waals surface area contributed by atoms with Crippen LogP contribution in [0.4, 0.5) is 22.2 Å². The molecular weight excluding hydrogens is 602 g/mol. The van der Waals surface area contributed by atoms with Gasteiger partial charge in [0.05, 0.1) is 48.4 Å². The van der Waals surface area contributed by atoms with Crippen LogP contribution in [-0.4, -0.2) is 119 Å². The van der Waals surface area contributed by atoms with Gasteiger partial charge in [-0.2, -0.15) is 4.98 Å². The summed E-state index contributed by atoms with van der Waals surface area (Å²) in [6, 6.07) is 4.14. The van der Waals surface area contributed by atoms with Crippen LogP contribution in [0.5, 0.6) is 11.6 Å². The number of nitrogen functional groups attached to an aromatic ring is 1. The maximum Gasteiger partial charge on any atom is 0.410 e. The van der Waals surface area contributed by atoms with Crippen LogP contribution in [0, 0.1) is 0 Å². The molecule has 5 heterocycles. The number of nitrogens with two attached hydrogens (primary N) is 1. The molecule has 1 amide bonds. The molecule has 3 aliphatic rings. The summed E-state index contributed by atoms with van der Waals surface area (Å²) >= 11 is 0. The fourth-order valence-electron chi connectivity index (χ4n) is 6.04. The maximum absolute atomic E-state index is 12.3. The van der Waals surface area contributed by atoms with Crippen molar-refractivity contribution in [2.45, 2.75) is 64.2 Å². The number of morpholine rings is 1. The van der Waals surface area contributed by atoms with Crippen molar-refractivity contribution >= 4 is 34.4 Å². The van der Waals surface area contributed by atoms with Crippen LogP contribution in [-0.2, 0) is 9.47 Å². The molecule has 3 N–H and O–H groups in total. The number of piperazine rings is 1. The van der Waals surface area contributed by atoms with E-state index in [9.17, 15) is 4.79 Å². The van der Waals surface area contributed by atoms with Gasteiger partial charge in [-0.3, -0.25) is 9.88 Å². The highest BCUT2D eigenvalue weighted by molar-refractivity contribution is 5.88. The molecule has 2 aliphatic heterocycles. The van der Waals surface area contributed by atoms with Crippen molar-refractivity contribution in [3.05, 3.63) is 30.7 Å². The normalized spacial score (nSPS) is 21.0. The topological polar surface area (TPSA) is 153 Å². The molecule has 1 saturated carbocycles. The van der Waals surface area contributed by atoms with Crippen LogP contribution in [0.1, 0.15) is 46.5 Å². The Morgan fingerprint density at radius 3 is 2.40 bits per heavy atom. The molecule has 0 spiro atoms. The number of rotatable bonds is 9. The van der Waals surface area contributed by atoms with Gasteiger partial charge in [0.25, 0.3) is 0 Å². The van der Waals surface area contributed by atoms with Gasteiger partial charge in [0, 0.05) is 57.9 Å². The number of ether oxygens (including phenoxy) is 4. The summed E-state index contributed by atoms with van der Waals surface area (Å²) in [7, 11) is 0. The van der Waals surface area contributed by atoms with Gasteiger partial charge in [-0.25, -0.2) is 14.8 Å². The Bertz CT molecular complexity index is 1480. The first kappa shape index (κ1) is 32.8. The summed E-state index contributed by atoms with van der Waals surface area (Å²) in [6.07, 6.45) is 8.50. The number of hydrogen-bond acceptors (Lipinski definition) is 13. The van der Waals surface area contributed by atoms with Gasteiger partial charge < -0.3 is 39.8 Å². The SMILES string of the molecule is CC(C)(C)OC(=O)N1CCN(CCOc2cnc(NC3CCC(Oc4nc(N5CCOCC5)cc5ncc(N)cc45)CC3)nc2)CC1. The molecule has 2 saturated heterocycles. The lowest BCUT2D eigenvalue weighted by Gasteiger charge is -2.35. The van der Waals surface area contributed by atoms with Crippen molar-refractivity contribution in [3.63, 3.8) is 0 Å². The average Bonchev–Trinajstić information content (AvgIpc) is 3.06. The third-order valence-corrected chi connectivity index (χ3v) is 8.60. The van der Waals surface area contributed by atoms with E-state index in [0.29, 0.717) is 56.2 Å². The van der Waals surface area contributed by atoms with Gasteiger partial charge in [0.1, 0.15) is 24.1 Å². The predicted molar refractivity (Wildman–Crippen MR) is 179 cm³/mol. The minimum absolute atomic E-state index is 0.0436. The van der Waals surface area contributed by atoms with Crippen LogP contribution in [0.2, 0.25) is 0 Å². The van der Waals surface area contributed by atoms with Gasteiger partial charge >= 0.3 is 6.09 Å². The first-order chi connectivity index (χ1) is 22.7. The highest BCUT2D eigenvalue weighted by atomic mass is 16.6. The second-order valence-electron chi connectivity index (χ2n) is 13.4. The molecule has 3 aromatic heterocycles. The van der Waals surface area contributed by atoms with Crippen molar-refractivity contribution in [1.82, 2.24) is 29.7 Å². The summed E-state index contributed by atoms with van der Waals surface area (Å²) in [5.74, 6) is 2.66. The second kappa shape index (κ2) is 14.7. The molecule has 0 unspecified atom stereocenters. The standard InChI is InChI=1S/C33H47N9O5/c1-33(2,3)47-32(43)42-10-8-40(9-11-42)12-17-45-26-21-36-31(37-22-26)38-24-4-6-25(7-5-24)46-30-27-18-23(34)20-35-28(27)19-29(39-30)41-13-15-44-16-14-41/h18-22,24-25H,4-17,34H2,1-3H3,(H,36,37,38). The van der Waals surface area contributed by atoms with E-state index < -0.39 is 5.60 Å². The minimum Gasteiger partial charge on any atom is -0.489 e. The molecule has 6 rings (SSSR count). The zero-order chi connectivity index (χ0) is 32.8. The number of fused-ring (bicyclic) bond motifs is 1. The third kappa shape index (κ3) is 9.01. The van der Waals surface area contributed by atoms with E-state index in [0.717, 1.165) is 75.1 Å². The maximum atomic E-state index is 12.3. The van der Waals surface area contributed by atoms with Crippen molar-refractivity contribution in [2.24, 2.45) is 0 Å². The van der Waals surface area contributed by atoms with Crippen LogP contribution in [0.25, 0.3) is 10.9 Å². The highest BCUT2D eigenvalue weighted by Gasteiger charge is 2.27. The summed E-state index contributed by atoms with van der Waals surface area (Å²) < 4.78 is 23.4. The molecule has 3 aromatic rings. The molecule has 14 nitrogen and oxygen atoms in total. The Kier molecular flexibility index (Phi) is 10.3. The zero-order valence-corrected chi connectivity index (χ0v) is 27.7. The Morgan fingerprint density at radius 1 is 0.979 bits per heavy atom. The van der Waals surface area contributed by atoms with Gasteiger partial charge in [-0.15, -0.1) is 0 Å². The van der Waals surface area contributed by atoms with E-state index in [1.54, 1.807) is 23.5 Å². The van der Waals surface area contributed by atoms with Gasteiger partial charge in [0.15, 0.2) is 5.75 Å². The second-order valence-corrected chi connectivity index (χ2v) is 13.4. The van der Waals surface area contributed by atoms with Crippen molar-refractivity contribution < 1.29 is 23.7 Å². The Labute approximate surface area is 275 Å². The number of carbonyl (C=O) groups excluding carboxylic acids is 1. The quantitative estimate of drug-likeness (QED) is 0.348. The summed E-state index contributed by atoms with van der Waals surface area (Å²) in [5, 5.41) is 4.30. The average molecular weight is 650 g/mol. The van der Waals surface area contributed by atoms with Crippen LogP contribution in [0.15, 0.2) is 30.7 Å². The number of amides is 1. The molecule has 14 heteroatoms. The number of anilines is 3. The largest absolute Gasteiger partial charge is 0.489 e. The lowest BCUT2D eigenvalue weighted by molar-refractivity contribution is 0.0137. The van der Waals surface area contributed by atoms with Crippen molar-refractivity contribution in [1.29, 1.82) is 0 Å². The number of nitrogens with zero attached hydrogens (tertiary/aromatic N) is 7. The fraction of sp³-hybridized carbons (Fsp3) is 0.606. The molecule has 3 fully saturated rings. The Morgan fingerprint density at radius 2 is 1.70 bits per heavy atom. The molecule has 47 heavy (non-hydrogen) atoms. The Hall–Kier alpha value is -4.17. The van der Waals surface area contributed by atoms with E-state index in [1.807, 2.05) is 32.9 Å². The Balaban J connectivity index is 0.936. The third-order valence-electron chi connectivity index (χ3n) is 8.60. The molecule has 254 valence electrons. The zero-order valence-electron chi connectivity index (χ0n) is 27.7. The highest BCUT2D eigenvalue weighted by Crippen LogP contribution is 2.32. The molecule has 0 bridgehead atoms. The molecular formula is C33H47N9O5. The van der Waals surface area contributed by atoms with Gasteiger partial charge in [-0.1, -0.05) is 0 Å². The lowest BCUT2D eigenvalue weighted by Crippen LogP contribution is -2.50. The van der Waals surface area contributed by atoms with Crippen molar-refractivity contribution in [2.75, 3.05) is 81.6 Å². The smallest absolute Gasteiger partial charge is 0.410 e. The van der Waals surface area contributed by atoms with Crippen LogP contribution >= 0.6 is 0 Å². The van der Waals surface area contributed by atoms with E-state index in [2.05, 4.69) is 30.1 Å². The number of nitrogens with one attached hydrogen (secondary N) is 1. The summed E-state index contributed by atoms with van der Waals surface area (Å²) in [6.45, 7) is 12.7. The van der Waals surface area contributed by atoms with Crippen LogP contribution in [0.3, 0.4) is 0 Å². The molecule has 0 aromatic carbocycles. The van der Waals surface area contributed by atoms with E-state index >= 15 is 0 Å². The van der Waals surface area contributed by atoms with Crippen LogP contribution < -0.4 is 25.4 Å². The van der Waals surface area contributed by atoms with E-state index in [1.165, 1.54) is 0 Å². The van der Waals surface area contributed by atoms with Crippen molar-refractivity contribution in [3.8, 4) is 11.6 Å². The molecule has 0 atom stereocenters. The first-order valence-corrected chi connectivity index (χ1v) is 16.7. The molecule has 0 radical (unpaired) electrons. The number of aromatic nitrogens is 4. The summed E-state index contributed by atoms with van der Waals surface area (Å²) in [5.41, 5.74) is 7.00. The lowest BCUT2D eigenvalue weighted by atomic mass is 9.93. The number of carbonyl (C=O) groups is 1. The van der Waals surface area contributed by atoms with E-state index in [-0.39, 0.29) is 18.2 Å². The molecule has 1 aliphatic carbocycles. The summed E-state index contributed by atoms with van der Waals surface area (Å²) in [4.78, 5) is 37.0. The predicted octanol–water partition coefficient (Wildman–Crippen LogP) is 3.57. The minimum atomic E-state index is -0.483. The van der Waals surface area contributed by atoms with Gasteiger partial charge in [-0.05, 0) is 52.5 Å². The number of pyridine rings is 2. The number of hydrogen-bond donors (Lipinski definition) is 2.